The van der Waals surface area contributed by atoms with Gasteiger partial charge in [0.2, 0.25) is 5.95 Å². The van der Waals surface area contributed by atoms with Crippen LogP contribution < -0.4 is 16.4 Å². The van der Waals surface area contributed by atoms with E-state index in [1.807, 2.05) is 6.07 Å². The minimum absolute atomic E-state index is 0.275. The Morgan fingerprint density at radius 2 is 1.97 bits per heavy atom. The van der Waals surface area contributed by atoms with E-state index < -0.39 is 18.4 Å². The van der Waals surface area contributed by atoms with Crippen molar-refractivity contribution in [3.63, 3.8) is 0 Å². The Morgan fingerprint density at radius 3 is 2.71 bits per heavy atom. The predicted octanol–water partition coefficient (Wildman–Crippen LogP) is 1.65. The maximum atomic E-state index is 12.7. The second-order valence-electron chi connectivity index (χ2n) is 8.26. The molecule has 1 amide bonds. The molecule has 1 aromatic carbocycles. The number of ether oxygens (including phenoxy) is 1. The number of aromatic nitrogens is 4. The summed E-state index contributed by atoms with van der Waals surface area (Å²) in [5.41, 5.74) is 6.92. The fourth-order valence-electron chi connectivity index (χ4n) is 4.03. The highest BCUT2D eigenvalue weighted by Crippen LogP contribution is 2.35. The SMILES string of the molecule is NCCCCCCNc1nc2c(NC(=O)c3ccccc3)ncnc2n1[C@H]1C[C@H](O)[C@@H](CO)O1. The molecule has 2 aromatic heterocycles. The Morgan fingerprint density at radius 1 is 1.18 bits per heavy atom. The fourth-order valence-corrected chi connectivity index (χ4v) is 4.03. The van der Waals surface area contributed by atoms with E-state index >= 15 is 0 Å². The van der Waals surface area contributed by atoms with Gasteiger partial charge in [0.1, 0.15) is 18.7 Å². The zero-order valence-corrected chi connectivity index (χ0v) is 18.9. The van der Waals surface area contributed by atoms with Crippen molar-refractivity contribution in [1.82, 2.24) is 19.5 Å². The van der Waals surface area contributed by atoms with Gasteiger partial charge in [-0.15, -0.1) is 0 Å². The minimum atomic E-state index is -0.810. The smallest absolute Gasteiger partial charge is 0.256 e. The van der Waals surface area contributed by atoms with Crippen LogP contribution in [0.25, 0.3) is 11.2 Å². The number of rotatable bonds is 11. The van der Waals surface area contributed by atoms with Gasteiger partial charge in [-0.1, -0.05) is 31.0 Å². The Labute approximate surface area is 197 Å². The molecule has 4 rings (SSSR count). The number of fused-ring (bicyclic) bond motifs is 1. The summed E-state index contributed by atoms with van der Waals surface area (Å²) in [6.45, 7) is 1.07. The molecular formula is C23H31N7O4. The van der Waals surface area contributed by atoms with Crippen molar-refractivity contribution in [2.45, 2.75) is 50.5 Å². The van der Waals surface area contributed by atoms with E-state index in [-0.39, 0.29) is 24.8 Å². The number of nitrogens with one attached hydrogen (secondary N) is 2. The molecule has 3 heterocycles. The molecular weight excluding hydrogens is 438 g/mol. The summed E-state index contributed by atoms with van der Waals surface area (Å²) in [6, 6.07) is 8.84. The fraction of sp³-hybridized carbons (Fsp3) is 0.478. The van der Waals surface area contributed by atoms with E-state index in [9.17, 15) is 15.0 Å². The standard InChI is InChI=1S/C23H31N7O4/c24-10-6-1-2-7-11-25-23-28-19-20(29-22(33)15-8-4-3-5-9-15)26-14-27-21(19)30(23)18-12-16(32)17(13-31)34-18/h3-5,8-9,14,16-18,31-32H,1-2,6-7,10-13,24H2,(H,25,28)(H,26,27,29,33)/t16-,17+,18+/m0/s1. The van der Waals surface area contributed by atoms with Crippen molar-refractivity contribution >= 4 is 28.8 Å². The van der Waals surface area contributed by atoms with Crippen molar-refractivity contribution in [2.24, 2.45) is 5.73 Å². The average molecular weight is 470 g/mol. The van der Waals surface area contributed by atoms with Crippen LogP contribution in [-0.2, 0) is 4.74 Å². The second-order valence-corrected chi connectivity index (χ2v) is 8.26. The highest BCUT2D eigenvalue weighted by molar-refractivity contribution is 6.06. The van der Waals surface area contributed by atoms with Gasteiger partial charge in [0.15, 0.2) is 17.0 Å². The first-order valence-electron chi connectivity index (χ1n) is 11.6. The largest absolute Gasteiger partial charge is 0.394 e. The number of carbonyl (C=O) groups excluding carboxylic acids is 1. The van der Waals surface area contributed by atoms with Crippen LogP contribution in [0.2, 0.25) is 0 Å². The average Bonchev–Trinajstić information content (AvgIpc) is 3.41. The van der Waals surface area contributed by atoms with Gasteiger partial charge in [-0.3, -0.25) is 9.36 Å². The van der Waals surface area contributed by atoms with Gasteiger partial charge in [-0.05, 0) is 31.5 Å². The molecule has 1 fully saturated rings. The van der Waals surface area contributed by atoms with Crippen LogP contribution in [0.5, 0.6) is 0 Å². The first kappa shape index (κ1) is 24.0. The van der Waals surface area contributed by atoms with Crippen molar-refractivity contribution in [1.29, 1.82) is 0 Å². The number of aliphatic hydroxyl groups excluding tert-OH is 2. The summed E-state index contributed by atoms with van der Waals surface area (Å²) in [4.78, 5) is 26.0. The predicted molar refractivity (Wildman–Crippen MR) is 127 cm³/mol. The Kier molecular flexibility index (Phi) is 8.01. The minimum Gasteiger partial charge on any atom is -0.394 e. The van der Waals surface area contributed by atoms with Crippen molar-refractivity contribution in [2.75, 3.05) is 30.3 Å². The number of unbranched alkanes of at least 4 members (excludes halogenated alkanes) is 3. The van der Waals surface area contributed by atoms with Crippen molar-refractivity contribution in [3.05, 3.63) is 42.2 Å². The van der Waals surface area contributed by atoms with Crippen molar-refractivity contribution in [3.8, 4) is 0 Å². The number of nitrogens with zero attached hydrogens (tertiary/aromatic N) is 4. The number of carbonyl (C=O) groups is 1. The molecule has 1 saturated heterocycles. The van der Waals surface area contributed by atoms with E-state index in [4.69, 9.17) is 10.5 Å². The summed E-state index contributed by atoms with van der Waals surface area (Å²) < 4.78 is 7.64. The quantitative estimate of drug-likeness (QED) is 0.263. The van der Waals surface area contributed by atoms with Crippen LogP contribution in [0, 0.1) is 0 Å². The maximum Gasteiger partial charge on any atom is 0.256 e. The number of aliphatic hydroxyl groups is 2. The lowest BCUT2D eigenvalue weighted by atomic mass is 10.2. The molecule has 0 radical (unpaired) electrons. The normalized spacial score (nSPS) is 20.0. The van der Waals surface area contributed by atoms with Crippen LogP contribution in [0.4, 0.5) is 11.8 Å². The van der Waals surface area contributed by atoms with Gasteiger partial charge in [-0.25, -0.2) is 15.0 Å². The zero-order valence-electron chi connectivity index (χ0n) is 18.9. The third-order valence-electron chi connectivity index (χ3n) is 5.83. The van der Waals surface area contributed by atoms with E-state index in [0.717, 1.165) is 25.7 Å². The Bertz CT molecular complexity index is 1090. The molecule has 0 bridgehead atoms. The van der Waals surface area contributed by atoms with E-state index in [1.165, 1.54) is 6.33 Å². The molecule has 11 nitrogen and oxygen atoms in total. The summed E-state index contributed by atoms with van der Waals surface area (Å²) in [6.07, 6.45) is 3.57. The molecule has 3 aromatic rings. The van der Waals surface area contributed by atoms with Crippen LogP contribution >= 0.6 is 0 Å². The summed E-state index contributed by atoms with van der Waals surface area (Å²) in [5.74, 6) is 0.471. The molecule has 0 aliphatic carbocycles. The Hall–Kier alpha value is -3.12. The number of benzene rings is 1. The molecule has 3 atom stereocenters. The highest BCUT2D eigenvalue weighted by Gasteiger charge is 2.37. The third kappa shape index (κ3) is 5.33. The zero-order chi connectivity index (χ0) is 23.9. The Balaban J connectivity index is 1.62. The number of anilines is 2. The van der Waals surface area contributed by atoms with Gasteiger partial charge >= 0.3 is 0 Å². The van der Waals surface area contributed by atoms with Crippen LogP contribution in [0.3, 0.4) is 0 Å². The second kappa shape index (κ2) is 11.3. The van der Waals surface area contributed by atoms with E-state index in [1.54, 1.807) is 28.8 Å². The lowest BCUT2D eigenvalue weighted by Gasteiger charge is -2.17. The van der Waals surface area contributed by atoms with Gasteiger partial charge < -0.3 is 31.3 Å². The molecule has 6 N–H and O–H groups in total. The molecule has 11 heteroatoms. The third-order valence-corrected chi connectivity index (χ3v) is 5.83. The molecule has 1 aliphatic heterocycles. The molecule has 0 unspecified atom stereocenters. The first-order valence-corrected chi connectivity index (χ1v) is 11.6. The molecule has 0 spiro atoms. The lowest BCUT2D eigenvalue weighted by molar-refractivity contribution is -0.0425. The van der Waals surface area contributed by atoms with Gasteiger partial charge in [0, 0.05) is 18.5 Å². The maximum absolute atomic E-state index is 12.7. The van der Waals surface area contributed by atoms with E-state index in [0.29, 0.717) is 35.8 Å². The highest BCUT2D eigenvalue weighted by atomic mass is 16.5. The van der Waals surface area contributed by atoms with Gasteiger partial charge in [0.25, 0.3) is 5.91 Å². The molecule has 34 heavy (non-hydrogen) atoms. The summed E-state index contributed by atoms with van der Waals surface area (Å²) in [7, 11) is 0. The number of hydrogen-bond donors (Lipinski definition) is 5. The van der Waals surface area contributed by atoms with Gasteiger partial charge in [0.05, 0.1) is 12.7 Å². The topological polar surface area (TPSA) is 160 Å². The van der Waals surface area contributed by atoms with Crippen LogP contribution in [0.1, 0.15) is 48.7 Å². The first-order chi connectivity index (χ1) is 16.6. The number of hydrogen-bond acceptors (Lipinski definition) is 9. The van der Waals surface area contributed by atoms with Crippen molar-refractivity contribution < 1.29 is 19.7 Å². The van der Waals surface area contributed by atoms with Gasteiger partial charge in [-0.2, -0.15) is 0 Å². The summed E-state index contributed by atoms with van der Waals surface area (Å²) >= 11 is 0. The monoisotopic (exact) mass is 469 g/mol. The number of amides is 1. The van der Waals surface area contributed by atoms with Crippen LogP contribution in [-0.4, -0.2) is 67.5 Å². The van der Waals surface area contributed by atoms with E-state index in [2.05, 4.69) is 25.6 Å². The number of imidazole rings is 1. The number of nitrogens with two attached hydrogens (primary N) is 1. The molecule has 182 valence electrons. The van der Waals surface area contributed by atoms with Crippen LogP contribution in [0.15, 0.2) is 36.7 Å². The molecule has 1 aliphatic rings. The summed E-state index contributed by atoms with van der Waals surface area (Å²) in [5, 5.41) is 25.9. The molecule has 0 saturated carbocycles. The lowest BCUT2D eigenvalue weighted by Crippen LogP contribution is -2.24.